The normalized spacial score (nSPS) is 18.7. The number of piperidine rings is 1. The minimum Gasteiger partial charge on any atom is -0.380 e. The summed E-state index contributed by atoms with van der Waals surface area (Å²) in [5.74, 6) is 0.341. The molecule has 0 radical (unpaired) electrons. The van der Waals surface area contributed by atoms with Crippen molar-refractivity contribution in [3.05, 3.63) is 30.3 Å². The quantitative estimate of drug-likeness (QED) is 0.785. The maximum atomic E-state index is 12.8. The number of para-hydroxylation sites is 1. The van der Waals surface area contributed by atoms with E-state index in [1.807, 2.05) is 44.2 Å². The molecule has 0 spiro atoms. The van der Waals surface area contributed by atoms with E-state index in [1.54, 1.807) is 4.90 Å². The van der Waals surface area contributed by atoms with Gasteiger partial charge in [0, 0.05) is 30.7 Å². The molecule has 1 aromatic rings. The fourth-order valence-corrected chi connectivity index (χ4v) is 3.33. The molecule has 144 valence electrons. The van der Waals surface area contributed by atoms with E-state index < -0.39 is 0 Å². The summed E-state index contributed by atoms with van der Waals surface area (Å²) in [6.45, 7) is 9.30. The first-order valence-corrected chi connectivity index (χ1v) is 9.80. The summed E-state index contributed by atoms with van der Waals surface area (Å²) in [7, 11) is 0. The Labute approximate surface area is 157 Å². The van der Waals surface area contributed by atoms with E-state index in [-0.39, 0.29) is 29.8 Å². The maximum absolute atomic E-state index is 12.8. The molecule has 1 fully saturated rings. The second kappa shape index (κ2) is 9.60. The number of carbonyl (C=O) groups is 2. The van der Waals surface area contributed by atoms with Gasteiger partial charge < -0.3 is 15.5 Å². The van der Waals surface area contributed by atoms with Crippen LogP contribution in [0.5, 0.6) is 0 Å². The molecule has 0 aliphatic carbocycles. The van der Waals surface area contributed by atoms with Gasteiger partial charge in [-0.25, -0.2) is 0 Å². The van der Waals surface area contributed by atoms with Gasteiger partial charge in [-0.2, -0.15) is 0 Å². The molecule has 1 saturated heterocycles. The highest BCUT2D eigenvalue weighted by Crippen LogP contribution is 2.20. The molecular weight excluding hydrogens is 326 g/mol. The maximum Gasteiger partial charge on any atom is 0.242 e. The number of amides is 2. The first-order valence-electron chi connectivity index (χ1n) is 9.80. The van der Waals surface area contributed by atoms with Crippen LogP contribution in [0.4, 0.5) is 5.69 Å². The minimum absolute atomic E-state index is 0.0285. The lowest BCUT2D eigenvalue weighted by atomic mass is 9.98. The van der Waals surface area contributed by atoms with Gasteiger partial charge >= 0.3 is 0 Å². The van der Waals surface area contributed by atoms with Gasteiger partial charge in [0.05, 0.1) is 0 Å². The molecule has 1 heterocycles. The first kappa shape index (κ1) is 20.3. The monoisotopic (exact) mass is 359 g/mol. The summed E-state index contributed by atoms with van der Waals surface area (Å²) in [6.07, 6.45) is 2.73. The van der Waals surface area contributed by atoms with Crippen LogP contribution >= 0.6 is 0 Å². The van der Waals surface area contributed by atoms with Gasteiger partial charge in [-0.15, -0.1) is 0 Å². The van der Waals surface area contributed by atoms with E-state index in [2.05, 4.69) is 24.5 Å². The van der Waals surface area contributed by atoms with E-state index in [1.165, 1.54) is 0 Å². The predicted octanol–water partition coefficient (Wildman–Crippen LogP) is 3.28. The number of carbonyl (C=O) groups excluding carboxylic acids is 2. The topological polar surface area (TPSA) is 61.4 Å². The van der Waals surface area contributed by atoms with E-state index in [0.717, 1.165) is 24.9 Å². The SMILES string of the molecule is CC(C)C(=O)N1CCCCC1C(=O)NCC(Nc1ccccc1)C(C)C. The van der Waals surface area contributed by atoms with Crippen molar-refractivity contribution < 1.29 is 9.59 Å². The molecule has 2 unspecified atom stereocenters. The Hall–Kier alpha value is -2.04. The number of nitrogens with one attached hydrogen (secondary N) is 2. The van der Waals surface area contributed by atoms with Crippen LogP contribution in [0.2, 0.25) is 0 Å². The van der Waals surface area contributed by atoms with Gasteiger partial charge in [0.1, 0.15) is 6.04 Å². The predicted molar refractivity (Wildman–Crippen MR) is 106 cm³/mol. The zero-order valence-electron chi connectivity index (χ0n) is 16.5. The van der Waals surface area contributed by atoms with E-state index in [4.69, 9.17) is 0 Å². The number of nitrogens with zero attached hydrogens (tertiary/aromatic N) is 1. The second-order valence-corrected chi connectivity index (χ2v) is 7.80. The molecule has 0 bridgehead atoms. The van der Waals surface area contributed by atoms with Crippen molar-refractivity contribution in [3.63, 3.8) is 0 Å². The fraction of sp³-hybridized carbons (Fsp3) is 0.619. The first-order chi connectivity index (χ1) is 12.4. The second-order valence-electron chi connectivity index (χ2n) is 7.80. The Kier molecular flexibility index (Phi) is 7.49. The third-order valence-corrected chi connectivity index (χ3v) is 5.01. The van der Waals surface area contributed by atoms with Gasteiger partial charge in [0.15, 0.2) is 0 Å². The highest BCUT2D eigenvalue weighted by Gasteiger charge is 2.33. The highest BCUT2D eigenvalue weighted by atomic mass is 16.2. The van der Waals surface area contributed by atoms with E-state index in [0.29, 0.717) is 19.0 Å². The number of rotatable bonds is 7. The molecule has 2 atom stereocenters. The van der Waals surface area contributed by atoms with Crippen LogP contribution in [0.15, 0.2) is 30.3 Å². The number of benzene rings is 1. The van der Waals surface area contributed by atoms with Crippen molar-refractivity contribution >= 4 is 17.5 Å². The number of anilines is 1. The van der Waals surface area contributed by atoms with Gasteiger partial charge in [0.25, 0.3) is 0 Å². The third kappa shape index (κ3) is 5.48. The van der Waals surface area contributed by atoms with Crippen LogP contribution in [0.3, 0.4) is 0 Å². The summed E-state index contributed by atoms with van der Waals surface area (Å²) in [4.78, 5) is 27.0. The molecule has 1 aliphatic rings. The average Bonchev–Trinajstić information content (AvgIpc) is 2.64. The smallest absolute Gasteiger partial charge is 0.242 e. The van der Waals surface area contributed by atoms with Crippen LogP contribution in [-0.4, -0.2) is 41.9 Å². The zero-order chi connectivity index (χ0) is 19.1. The molecule has 0 aromatic heterocycles. The molecule has 1 aromatic carbocycles. The lowest BCUT2D eigenvalue weighted by molar-refractivity contribution is -0.144. The average molecular weight is 360 g/mol. The molecule has 5 nitrogen and oxygen atoms in total. The van der Waals surface area contributed by atoms with Crippen LogP contribution in [-0.2, 0) is 9.59 Å². The Balaban J connectivity index is 1.96. The molecule has 26 heavy (non-hydrogen) atoms. The van der Waals surface area contributed by atoms with Gasteiger partial charge in [0.2, 0.25) is 11.8 Å². The Morgan fingerprint density at radius 1 is 1.12 bits per heavy atom. The lowest BCUT2D eigenvalue weighted by Gasteiger charge is -2.36. The molecule has 2 rings (SSSR count). The van der Waals surface area contributed by atoms with Gasteiger partial charge in [-0.05, 0) is 37.3 Å². The Bertz CT molecular complexity index is 586. The van der Waals surface area contributed by atoms with Crippen molar-refractivity contribution in [2.45, 2.75) is 59.0 Å². The summed E-state index contributed by atoms with van der Waals surface area (Å²) in [5, 5.41) is 6.58. The third-order valence-electron chi connectivity index (χ3n) is 5.01. The molecule has 1 aliphatic heterocycles. The lowest BCUT2D eigenvalue weighted by Crippen LogP contribution is -2.54. The molecular formula is C21H33N3O2. The largest absolute Gasteiger partial charge is 0.380 e. The van der Waals surface area contributed by atoms with E-state index in [9.17, 15) is 9.59 Å². The zero-order valence-corrected chi connectivity index (χ0v) is 16.5. The summed E-state index contributed by atoms with van der Waals surface area (Å²) < 4.78 is 0. The van der Waals surface area contributed by atoms with Crippen molar-refractivity contribution in [3.8, 4) is 0 Å². The Morgan fingerprint density at radius 2 is 1.81 bits per heavy atom. The van der Waals surface area contributed by atoms with Crippen molar-refractivity contribution in [2.24, 2.45) is 11.8 Å². The van der Waals surface area contributed by atoms with Crippen LogP contribution in [0.1, 0.15) is 47.0 Å². The van der Waals surface area contributed by atoms with Gasteiger partial charge in [-0.3, -0.25) is 9.59 Å². The molecule has 0 saturated carbocycles. The molecule has 5 heteroatoms. The minimum atomic E-state index is -0.330. The molecule has 2 amide bonds. The van der Waals surface area contributed by atoms with Crippen molar-refractivity contribution in [1.29, 1.82) is 0 Å². The van der Waals surface area contributed by atoms with Crippen LogP contribution in [0, 0.1) is 11.8 Å². The number of likely N-dealkylation sites (tertiary alicyclic amines) is 1. The van der Waals surface area contributed by atoms with Crippen molar-refractivity contribution in [2.75, 3.05) is 18.4 Å². The van der Waals surface area contributed by atoms with Crippen LogP contribution in [0.25, 0.3) is 0 Å². The standard InChI is InChI=1S/C21H33N3O2/c1-15(2)18(23-17-10-6-5-7-11-17)14-22-20(25)19-12-8-9-13-24(19)21(26)16(3)4/h5-7,10-11,15-16,18-19,23H,8-9,12-14H2,1-4H3,(H,22,25). The number of hydrogen-bond donors (Lipinski definition) is 2. The molecule has 2 N–H and O–H groups in total. The summed E-state index contributed by atoms with van der Waals surface area (Å²) in [6, 6.07) is 9.84. The Morgan fingerprint density at radius 3 is 2.42 bits per heavy atom. The van der Waals surface area contributed by atoms with Crippen LogP contribution < -0.4 is 10.6 Å². The summed E-state index contributed by atoms with van der Waals surface area (Å²) >= 11 is 0. The van der Waals surface area contributed by atoms with E-state index >= 15 is 0 Å². The fourth-order valence-electron chi connectivity index (χ4n) is 3.33. The summed E-state index contributed by atoms with van der Waals surface area (Å²) in [5.41, 5.74) is 1.05. The number of hydrogen-bond acceptors (Lipinski definition) is 3. The van der Waals surface area contributed by atoms with Crippen molar-refractivity contribution in [1.82, 2.24) is 10.2 Å². The highest BCUT2D eigenvalue weighted by molar-refractivity contribution is 5.88. The van der Waals surface area contributed by atoms with Gasteiger partial charge in [-0.1, -0.05) is 45.9 Å².